The van der Waals surface area contributed by atoms with Gasteiger partial charge in [-0.3, -0.25) is 0 Å². The third-order valence-corrected chi connectivity index (χ3v) is 11.5. The first kappa shape index (κ1) is 33.1. The highest BCUT2D eigenvalue weighted by molar-refractivity contribution is 7.89. The molecule has 2 fully saturated rings. The predicted octanol–water partition coefficient (Wildman–Crippen LogP) is 5.53. The normalized spacial score (nSPS) is 17.8. The molecule has 9 heteroatoms. The van der Waals surface area contributed by atoms with Gasteiger partial charge in [0.25, 0.3) is 0 Å². The van der Waals surface area contributed by atoms with Crippen molar-refractivity contribution in [1.29, 1.82) is 0 Å². The number of benzene rings is 3. The van der Waals surface area contributed by atoms with Gasteiger partial charge in [0.2, 0.25) is 10.0 Å². The van der Waals surface area contributed by atoms with E-state index in [1.165, 1.54) is 23.6 Å². The Kier molecular flexibility index (Phi) is 11.3. The summed E-state index contributed by atoms with van der Waals surface area (Å²) in [6, 6.07) is 28.1. The Bertz CT molecular complexity index is 1450. The SMILES string of the molecule is CN(CC(CO)(CCN1CCC(N(CC2CCC2)C(=O)OCc2ccccc2)CC1)c1ccccc1)S(=O)(=O)c1ccccc1. The van der Waals surface area contributed by atoms with E-state index in [1.807, 2.05) is 65.6 Å². The largest absolute Gasteiger partial charge is 0.445 e. The smallest absolute Gasteiger partial charge is 0.410 e. The van der Waals surface area contributed by atoms with Crippen LogP contribution in [0, 0.1) is 5.92 Å². The van der Waals surface area contributed by atoms with Gasteiger partial charge in [0.05, 0.1) is 11.5 Å². The summed E-state index contributed by atoms with van der Waals surface area (Å²) < 4.78 is 34.0. The zero-order valence-electron chi connectivity index (χ0n) is 26.3. The number of carbonyl (C=O) groups excluding carboxylic acids is 1. The molecule has 1 aliphatic heterocycles. The molecule has 3 aromatic carbocycles. The van der Waals surface area contributed by atoms with Crippen molar-refractivity contribution in [2.24, 2.45) is 5.92 Å². The van der Waals surface area contributed by atoms with Crippen LogP contribution in [0.15, 0.2) is 95.9 Å². The molecule has 1 N–H and O–H groups in total. The van der Waals surface area contributed by atoms with E-state index in [2.05, 4.69) is 4.90 Å². The number of likely N-dealkylation sites (tertiary alicyclic amines) is 1. The summed E-state index contributed by atoms with van der Waals surface area (Å²) in [6.45, 7) is 3.37. The van der Waals surface area contributed by atoms with Gasteiger partial charge < -0.3 is 19.6 Å². The van der Waals surface area contributed by atoms with Crippen molar-refractivity contribution in [2.45, 2.75) is 61.5 Å². The number of ether oxygens (including phenoxy) is 1. The Morgan fingerprint density at radius 3 is 2.09 bits per heavy atom. The van der Waals surface area contributed by atoms with Gasteiger partial charge in [0.1, 0.15) is 6.61 Å². The molecule has 3 aromatic rings. The molecule has 1 saturated carbocycles. The predicted molar refractivity (Wildman–Crippen MR) is 176 cm³/mol. The standard InChI is InChI=1S/C36H47N3O5S/c1-37(45(42,43)34-18-9-4-10-19-34)28-36(29-40,32-16-7-3-8-17-32)22-25-38-23-20-33(21-24-38)39(26-30-14-11-15-30)35(41)44-27-31-12-5-2-6-13-31/h2-10,12-13,16-19,30,33,40H,11,14-15,20-29H2,1H3. The van der Waals surface area contributed by atoms with E-state index in [-0.39, 0.29) is 36.8 Å². The Balaban J connectivity index is 1.23. The second-order valence-electron chi connectivity index (χ2n) is 12.7. The van der Waals surface area contributed by atoms with E-state index in [9.17, 15) is 18.3 Å². The highest BCUT2D eigenvalue weighted by Gasteiger charge is 2.38. The number of carbonyl (C=O) groups is 1. The molecule has 1 atom stereocenters. The van der Waals surface area contributed by atoms with E-state index < -0.39 is 15.4 Å². The third-order valence-electron chi connectivity index (χ3n) is 9.69. The van der Waals surface area contributed by atoms with Gasteiger partial charge in [0.15, 0.2) is 0 Å². The molecule has 0 spiro atoms. The van der Waals surface area contributed by atoms with Crippen LogP contribution in [-0.4, -0.2) is 86.1 Å². The molecule has 0 aromatic heterocycles. The molecule has 1 saturated heterocycles. The van der Waals surface area contributed by atoms with Crippen LogP contribution in [0.4, 0.5) is 4.79 Å². The molecular formula is C36H47N3O5S. The van der Waals surface area contributed by atoms with Crippen molar-refractivity contribution in [3.8, 4) is 0 Å². The van der Waals surface area contributed by atoms with E-state index in [1.54, 1.807) is 37.4 Å². The first-order valence-corrected chi connectivity index (χ1v) is 17.6. The van der Waals surface area contributed by atoms with Crippen LogP contribution in [0.2, 0.25) is 0 Å². The maximum Gasteiger partial charge on any atom is 0.410 e. The summed E-state index contributed by atoms with van der Waals surface area (Å²) in [5.41, 5.74) is 1.13. The molecule has 45 heavy (non-hydrogen) atoms. The fraction of sp³-hybridized carbons (Fsp3) is 0.472. The molecule has 8 nitrogen and oxygen atoms in total. The number of aliphatic hydroxyl groups is 1. The molecule has 1 unspecified atom stereocenters. The Hall–Kier alpha value is -3.24. The third kappa shape index (κ3) is 8.33. The summed E-state index contributed by atoms with van der Waals surface area (Å²) in [6.07, 6.45) is 5.63. The molecule has 5 rings (SSSR count). The minimum Gasteiger partial charge on any atom is -0.445 e. The topological polar surface area (TPSA) is 90.4 Å². The summed E-state index contributed by atoms with van der Waals surface area (Å²) >= 11 is 0. The maximum absolute atomic E-state index is 13.4. The molecule has 0 bridgehead atoms. The van der Waals surface area contributed by atoms with Gasteiger partial charge in [-0.1, -0.05) is 85.3 Å². The van der Waals surface area contributed by atoms with Crippen molar-refractivity contribution in [2.75, 3.05) is 46.4 Å². The first-order valence-electron chi connectivity index (χ1n) is 16.2. The molecule has 1 aliphatic carbocycles. The van der Waals surface area contributed by atoms with Crippen LogP contribution in [0.5, 0.6) is 0 Å². The van der Waals surface area contributed by atoms with Crippen LogP contribution in [0.25, 0.3) is 0 Å². The van der Waals surface area contributed by atoms with Crippen molar-refractivity contribution in [1.82, 2.24) is 14.1 Å². The Morgan fingerprint density at radius 1 is 0.911 bits per heavy atom. The number of piperidine rings is 1. The van der Waals surface area contributed by atoms with E-state index >= 15 is 0 Å². The van der Waals surface area contributed by atoms with Gasteiger partial charge in [0, 0.05) is 44.7 Å². The molecule has 1 heterocycles. The highest BCUT2D eigenvalue weighted by atomic mass is 32.2. The number of nitrogens with zero attached hydrogens (tertiary/aromatic N) is 3. The number of amides is 1. The van der Waals surface area contributed by atoms with Crippen molar-refractivity contribution in [3.63, 3.8) is 0 Å². The lowest BCUT2D eigenvalue weighted by molar-refractivity contribution is 0.0439. The molecule has 0 radical (unpaired) electrons. The summed E-state index contributed by atoms with van der Waals surface area (Å²) in [4.78, 5) is 17.9. The van der Waals surface area contributed by atoms with Crippen LogP contribution in [0.1, 0.15) is 49.7 Å². The van der Waals surface area contributed by atoms with E-state index in [4.69, 9.17) is 4.74 Å². The fourth-order valence-corrected chi connectivity index (χ4v) is 7.84. The lowest BCUT2D eigenvalue weighted by atomic mass is 9.77. The average Bonchev–Trinajstić information content (AvgIpc) is 3.06. The summed E-state index contributed by atoms with van der Waals surface area (Å²) in [5, 5.41) is 10.9. The van der Waals surface area contributed by atoms with E-state index in [0.717, 1.165) is 43.6 Å². The number of hydrogen-bond acceptors (Lipinski definition) is 6. The molecule has 2 aliphatic rings. The summed E-state index contributed by atoms with van der Waals surface area (Å²) in [5.74, 6) is 0.549. The second-order valence-corrected chi connectivity index (χ2v) is 14.7. The number of hydrogen-bond donors (Lipinski definition) is 1. The van der Waals surface area contributed by atoms with Gasteiger partial charge in [-0.2, -0.15) is 4.31 Å². The number of likely N-dealkylation sites (N-methyl/N-ethyl adjacent to an activating group) is 1. The van der Waals surface area contributed by atoms with Gasteiger partial charge in [-0.25, -0.2) is 13.2 Å². The number of sulfonamides is 1. The Morgan fingerprint density at radius 2 is 1.51 bits per heavy atom. The minimum absolute atomic E-state index is 0.129. The minimum atomic E-state index is -3.73. The Labute approximate surface area is 268 Å². The second kappa shape index (κ2) is 15.4. The monoisotopic (exact) mass is 633 g/mol. The van der Waals surface area contributed by atoms with Crippen LogP contribution >= 0.6 is 0 Å². The molecular weight excluding hydrogens is 586 g/mol. The number of aliphatic hydroxyl groups excluding tert-OH is 1. The van der Waals surface area contributed by atoms with Crippen molar-refractivity contribution < 1.29 is 23.1 Å². The van der Waals surface area contributed by atoms with Crippen LogP contribution in [0.3, 0.4) is 0 Å². The maximum atomic E-state index is 13.4. The van der Waals surface area contributed by atoms with Crippen LogP contribution < -0.4 is 0 Å². The van der Waals surface area contributed by atoms with Crippen molar-refractivity contribution >= 4 is 16.1 Å². The molecule has 242 valence electrons. The van der Waals surface area contributed by atoms with Crippen LogP contribution in [-0.2, 0) is 26.8 Å². The lowest BCUT2D eigenvalue weighted by Gasteiger charge is -2.42. The van der Waals surface area contributed by atoms with Gasteiger partial charge in [-0.05, 0) is 67.8 Å². The quantitative estimate of drug-likeness (QED) is 0.251. The fourth-order valence-electron chi connectivity index (χ4n) is 6.57. The lowest BCUT2D eigenvalue weighted by Crippen LogP contribution is -2.51. The summed E-state index contributed by atoms with van der Waals surface area (Å²) in [7, 11) is -2.14. The first-order chi connectivity index (χ1) is 21.8. The number of rotatable bonds is 14. The highest BCUT2D eigenvalue weighted by Crippen LogP contribution is 2.33. The van der Waals surface area contributed by atoms with Crippen molar-refractivity contribution in [3.05, 3.63) is 102 Å². The zero-order chi connectivity index (χ0) is 31.7. The van der Waals surface area contributed by atoms with Gasteiger partial charge in [-0.15, -0.1) is 0 Å². The average molecular weight is 634 g/mol. The zero-order valence-corrected chi connectivity index (χ0v) is 27.2. The van der Waals surface area contributed by atoms with Gasteiger partial charge >= 0.3 is 6.09 Å². The molecule has 1 amide bonds. The van der Waals surface area contributed by atoms with E-state index in [0.29, 0.717) is 18.9 Å².